The summed E-state index contributed by atoms with van der Waals surface area (Å²) in [5.41, 5.74) is 6.72. The van der Waals surface area contributed by atoms with E-state index < -0.39 is 0 Å². The molecule has 4 heteroatoms. The van der Waals surface area contributed by atoms with Crippen LogP contribution in [0, 0.1) is 5.92 Å². The Morgan fingerprint density at radius 1 is 1.28 bits per heavy atom. The Balaban J connectivity index is 2.32. The summed E-state index contributed by atoms with van der Waals surface area (Å²) in [6, 6.07) is 9.71. The molecule has 1 aromatic carbocycles. The summed E-state index contributed by atoms with van der Waals surface area (Å²) in [6.07, 6.45) is 0.898. The van der Waals surface area contributed by atoms with Crippen molar-refractivity contribution in [1.29, 1.82) is 0 Å². The highest BCUT2D eigenvalue weighted by Gasteiger charge is 2.11. The number of hydrogen-bond acceptors (Lipinski definition) is 2. The second-order valence-corrected chi connectivity index (χ2v) is 4.87. The topological polar surface area (TPSA) is 67.1 Å². The summed E-state index contributed by atoms with van der Waals surface area (Å²) in [7, 11) is 0. The van der Waals surface area contributed by atoms with Crippen LogP contribution >= 0.6 is 0 Å². The highest BCUT2D eigenvalue weighted by Crippen LogP contribution is 2.03. The van der Waals surface area contributed by atoms with E-state index >= 15 is 0 Å². The Labute approximate surface area is 109 Å². The fourth-order valence-corrected chi connectivity index (χ4v) is 1.80. The summed E-state index contributed by atoms with van der Waals surface area (Å²) in [4.78, 5) is 11.7. The summed E-state index contributed by atoms with van der Waals surface area (Å²) >= 11 is 0. The van der Waals surface area contributed by atoms with Crippen LogP contribution in [-0.4, -0.2) is 18.6 Å². The maximum atomic E-state index is 11.7. The lowest BCUT2D eigenvalue weighted by Crippen LogP contribution is -2.45. The van der Waals surface area contributed by atoms with Crippen LogP contribution in [0.3, 0.4) is 0 Å². The van der Waals surface area contributed by atoms with Crippen molar-refractivity contribution < 1.29 is 4.79 Å². The van der Waals surface area contributed by atoms with Crippen LogP contribution in [0.4, 0.5) is 4.79 Å². The van der Waals surface area contributed by atoms with Crippen LogP contribution in [0.1, 0.15) is 25.8 Å². The van der Waals surface area contributed by atoms with E-state index in [2.05, 4.69) is 24.5 Å². The van der Waals surface area contributed by atoms with Crippen LogP contribution in [0.15, 0.2) is 30.3 Å². The minimum Gasteiger partial charge on any atom is -0.334 e. The van der Waals surface area contributed by atoms with Crippen LogP contribution in [0.5, 0.6) is 0 Å². The Hall–Kier alpha value is -1.55. The van der Waals surface area contributed by atoms with Gasteiger partial charge in [-0.05, 0) is 17.9 Å². The van der Waals surface area contributed by atoms with Crippen LogP contribution < -0.4 is 16.4 Å². The zero-order chi connectivity index (χ0) is 13.4. The van der Waals surface area contributed by atoms with E-state index in [0.29, 0.717) is 19.0 Å². The molecule has 0 aliphatic rings. The normalized spacial score (nSPS) is 12.2. The van der Waals surface area contributed by atoms with Gasteiger partial charge in [0.05, 0.1) is 0 Å². The minimum absolute atomic E-state index is 0.0424. The molecule has 1 atom stereocenters. The van der Waals surface area contributed by atoms with Gasteiger partial charge >= 0.3 is 6.03 Å². The number of hydrogen-bond donors (Lipinski definition) is 3. The standard InChI is InChI=1S/C14H23N3O/c1-11(2)8-13(9-15)17-14(18)16-10-12-6-4-3-5-7-12/h3-7,11,13H,8-10,15H2,1-2H3,(H2,16,17,18). The van der Waals surface area contributed by atoms with Gasteiger partial charge in [-0.3, -0.25) is 0 Å². The highest BCUT2D eigenvalue weighted by atomic mass is 16.2. The van der Waals surface area contributed by atoms with Gasteiger partial charge in [-0.15, -0.1) is 0 Å². The van der Waals surface area contributed by atoms with Gasteiger partial charge in [-0.2, -0.15) is 0 Å². The van der Waals surface area contributed by atoms with Crippen LogP contribution in [0.2, 0.25) is 0 Å². The molecule has 0 aliphatic heterocycles. The number of rotatable bonds is 6. The third kappa shape index (κ3) is 5.68. The van der Waals surface area contributed by atoms with E-state index in [1.807, 2.05) is 30.3 Å². The molecule has 0 heterocycles. The molecule has 4 N–H and O–H groups in total. The molecule has 0 spiro atoms. The lowest BCUT2D eigenvalue weighted by atomic mass is 10.0. The zero-order valence-corrected chi connectivity index (χ0v) is 11.1. The van der Waals surface area contributed by atoms with Gasteiger partial charge in [-0.1, -0.05) is 44.2 Å². The third-order valence-electron chi connectivity index (χ3n) is 2.67. The number of nitrogens with two attached hydrogens (primary N) is 1. The molecule has 0 saturated heterocycles. The van der Waals surface area contributed by atoms with Gasteiger partial charge in [0.2, 0.25) is 0 Å². The average Bonchev–Trinajstić information content (AvgIpc) is 2.36. The lowest BCUT2D eigenvalue weighted by molar-refractivity contribution is 0.235. The van der Waals surface area contributed by atoms with Gasteiger partial charge in [0.1, 0.15) is 0 Å². The molecule has 0 radical (unpaired) electrons. The van der Waals surface area contributed by atoms with Gasteiger partial charge in [0.15, 0.2) is 0 Å². The van der Waals surface area contributed by atoms with Gasteiger partial charge < -0.3 is 16.4 Å². The summed E-state index contributed by atoms with van der Waals surface area (Å²) in [5.74, 6) is 0.521. The van der Waals surface area contributed by atoms with Crippen molar-refractivity contribution in [2.45, 2.75) is 32.9 Å². The lowest BCUT2D eigenvalue weighted by Gasteiger charge is -2.19. The van der Waals surface area contributed by atoms with Crippen molar-refractivity contribution >= 4 is 6.03 Å². The Morgan fingerprint density at radius 2 is 1.94 bits per heavy atom. The largest absolute Gasteiger partial charge is 0.334 e. The van der Waals surface area contributed by atoms with E-state index in [4.69, 9.17) is 5.73 Å². The van der Waals surface area contributed by atoms with E-state index in [-0.39, 0.29) is 12.1 Å². The summed E-state index contributed by atoms with van der Waals surface area (Å²) in [5, 5.41) is 5.72. The third-order valence-corrected chi connectivity index (χ3v) is 2.67. The molecule has 2 amide bonds. The molecule has 0 fully saturated rings. The van der Waals surface area contributed by atoms with Crippen LogP contribution in [0.25, 0.3) is 0 Å². The first-order valence-corrected chi connectivity index (χ1v) is 6.40. The van der Waals surface area contributed by atoms with Gasteiger partial charge in [0, 0.05) is 19.1 Å². The number of amides is 2. The SMILES string of the molecule is CC(C)CC(CN)NC(=O)NCc1ccccc1. The fourth-order valence-electron chi connectivity index (χ4n) is 1.80. The Morgan fingerprint density at radius 3 is 2.50 bits per heavy atom. The molecule has 0 saturated carbocycles. The predicted octanol–water partition coefficient (Wildman–Crippen LogP) is 1.86. The second kappa shape index (κ2) is 7.71. The van der Waals surface area contributed by atoms with E-state index in [1.165, 1.54) is 0 Å². The number of benzene rings is 1. The Kier molecular flexibility index (Phi) is 6.22. The predicted molar refractivity (Wildman–Crippen MR) is 74.1 cm³/mol. The average molecular weight is 249 g/mol. The molecule has 18 heavy (non-hydrogen) atoms. The molecule has 1 unspecified atom stereocenters. The smallest absolute Gasteiger partial charge is 0.315 e. The zero-order valence-electron chi connectivity index (χ0n) is 11.1. The van der Waals surface area contributed by atoms with Crippen molar-refractivity contribution in [2.24, 2.45) is 11.7 Å². The maximum Gasteiger partial charge on any atom is 0.315 e. The van der Waals surface area contributed by atoms with Crippen LogP contribution in [-0.2, 0) is 6.54 Å². The van der Waals surface area contributed by atoms with Crippen molar-refractivity contribution in [3.8, 4) is 0 Å². The van der Waals surface area contributed by atoms with Crippen molar-refractivity contribution in [1.82, 2.24) is 10.6 Å². The molecule has 0 aliphatic carbocycles. The number of nitrogens with one attached hydrogen (secondary N) is 2. The first-order valence-electron chi connectivity index (χ1n) is 6.40. The molecular weight excluding hydrogens is 226 g/mol. The first-order chi connectivity index (χ1) is 8.61. The molecule has 1 aromatic rings. The molecule has 0 aromatic heterocycles. The van der Waals surface area contributed by atoms with Crippen molar-refractivity contribution in [3.63, 3.8) is 0 Å². The van der Waals surface area contributed by atoms with Crippen molar-refractivity contribution in [3.05, 3.63) is 35.9 Å². The van der Waals surface area contributed by atoms with E-state index in [1.54, 1.807) is 0 Å². The molecule has 0 bridgehead atoms. The number of carbonyl (C=O) groups is 1. The minimum atomic E-state index is -0.157. The number of carbonyl (C=O) groups excluding carboxylic acids is 1. The van der Waals surface area contributed by atoms with Gasteiger partial charge in [-0.25, -0.2) is 4.79 Å². The monoisotopic (exact) mass is 249 g/mol. The summed E-state index contributed by atoms with van der Waals surface area (Å²) < 4.78 is 0. The van der Waals surface area contributed by atoms with Crippen molar-refractivity contribution in [2.75, 3.05) is 6.54 Å². The summed E-state index contributed by atoms with van der Waals surface area (Å²) in [6.45, 7) is 5.24. The first kappa shape index (κ1) is 14.5. The molecule has 4 nitrogen and oxygen atoms in total. The Bertz CT molecular complexity index is 351. The van der Waals surface area contributed by atoms with E-state index in [9.17, 15) is 4.79 Å². The molecular formula is C14H23N3O. The second-order valence-electron chi connectivity index (χ2n) is 4.87. The maximum absolute atomic E-state index is 11.7. The number of urea groups is 1. The molecule has 100 valence electrons. The van der Waals surface area contributed by atoms with Gasteiger partial charge in [0.25, 0.3) is 0 Å². The fraction of sp³-hybridized carbons (Fsp3) is 0.500. The molecule has 1 rings (SSSR count). The quantitative estimate of drug-likeness (QED) is 0.720. The van der Waals surface area contributed by atoms with E-state index in [0.717, 1.165) is 12.0 Å². The highest BCUT2D eigenvalue weighted by molar-refractivity contribution is 5.74.